The first kappa shape index (κ1) is 52.0. The van der Waals surface area contributed by atoms with Crippen molar-refractivity contribution < 1.29 is 50.6 Å². The van der Waals surface area contributed by atoms with Crippen molar-refractivity contribution in [3.05, 3.63) is 24.3 Å². The minimum atomic E-state index is -1.47. The Labute approximate surface area is 326 Å². The maximum atomic E-state index is 12.7. The lowest BCUT2D eigenvalue weighted by molar-refractivity contribution is -0.884. The standard InChI is InChI=1S/C42H81BNO6.BrH/c1-5-7-9-11-13-15-17-19-21-23-25-27-29-31-33-35-41(45)49-38-40(37-44(3,4)39-43(47)48)50-42(46)36-34-32-30-28-26-24-22-20-18-16-14-12-10-8-6-2;/h19-22,40,47-48H,5-18,23-39H2,1-4H3;1H/q+1;/p-1/b21-19-,22-20-;. The maximum Gasteiger partial charge on any atom is 0.511 e. The molecule has 51 heavy (non-hydrogen) atoms. The van der Waals surface area contributed by atoms with Crippen LogP contribution < -0.4 is 17.0 Å². The Hall–Kier alpha value is -1.16. The zero-order chi connectivity index (χ0) is 37.0. The molecule has 1 unspecified atom stereocenters. The monoisotopic (exact) mass is 786 g/mol. The fraction of sp³-hybridized carbons (Fsp3) is 0.857. The van der Waals surface area contributed by atoms with Crippen molar-refractivity contribution in [2.45, 2.75) is 200 Å². The van der Waals surface area contributed by atoms with Gasteiger partial charge in [0.25, 0.3) is 0 Å². The minimum absolute atomic E-state index is 0. The van der Waals surface area contributed by atoms with Gasteiger partial charge in [0.2, 0.25) is 0 Å². The highest BCUT2D eigenvalue weighted by Gasteiger charge is 2.30. The first-order valence-electron chi connectivity index (χ1n) is 21.0. The molecule has 0 aromatic heterocycles. The van der Waals surface area contributed by atoms with Crippen LogP contribution in [0.2, 0.25) is 0 Å². The van der Waals surface area contributed by atoms with Gasteiger partial charge in [0, 0.05) is 12.8 Å². The van der Waals surface area contributed by atoms with Crippen LogP contribution >= 0.6 is 0 Å². The van der Waals surface area contributed by atoms with E-state index in [1.54, 1.807) is 0 Å². The smallest absolute Gasteiger partial charge is 0.511 e. The second kappa shape index (κ2) is 38.6. The highest BCUT2D eigenvalue weighted by molar-refractivity contribution is 6.40. The number of hydrogen-bond acceptors (Lipinski definition) is 6. The normalized spacial score (nSPS) is 12.4. The van der Waals surface area contributed by atoms with Crippen LogP contribution in [-0.2, 0) is 19.1 Å². The summed E-state index contributed by atoms with van der Waals surface area (Å²) in [5, 5.41) is 19.0. The van der Waals surface area contributed by atoms with Crippen molar-refractivity contribution in [3.8, 4) is 0 Å². The highest BCUT2D eigenvalue weighted by atomic mass is 79.9. The molecule has 300 valence electrons. The van der Waals surface area contributed by atoms with E-state index in [-0.39, 0.29) is 46.5 Å². The van der Waals surface area contributed by atoms with Gasteiger partial charge in [-0.1, -0.05) is 141 Å². The molecular formula is C42H81BBrNO6. The van der Waals surface area contributed by atoms with Gasteiger partial charge in [-0.15, -0.1) is 0 Å². The molecule has 0 spiro atoms. The van der Waals surface area contributed by atoms with Gasteiger partial charge in [-0.2, -0.15) is 0 Å². The van der Waals surface area contributed by atoms with Crippen molar-refractivity contribution in [2.24, 2.45) is 0 Å². The molecule has 0 saturated heterocycles. The molecule has 0 aliphatic carbocycles. The molecule has 0 heterocycles. The first-order valence-corrected chi connectivity index (χ1v) is 21.0. The third kappa shape index (κ3) is 39.9. The number of nitrogens with zero attached hydrogens (tertiary/aromatic N) is 1. The summed E-state index contributed by atoms with van der Waals surface area (Å²) in [5.41, 5.74) is 0. The molecule has 0 bridgehead atoms. The summed E-state index contributed by atoms with van der Waals surface area (Å²) in [6.45, 7) is 4.83. The van der Waals surface area contributed by atoms with E-state index >= 15 is 0 Å². The van der Waals surface area contributed by atoms with Crippen molar-refractivity contribution >= 4 is 19.1 Å². The summed E-state index contributed by atoms with van der Waals surface area (Å²) in [5.74, 6) is -0.557. The Morgan fingerprint density at radius 3 is 1.31 bits per heavy atom. The Balaban J connectivity index is 0. The molecule has 7 nitrogen and oxygen atoms in total. The third-order valence-electron chi connectivity index (χ3n) is 9.37. The number of ether oxygens (including phenoxy) is 2. The van der Waals surface area contributed by atoms with E-state index in [1.165, 1.54) is 116 Å². The number of carbonyl (C=O) groups is 2. The van der Waals surface area contributed by atoms with Crippen LogP contribution in [0.4, 0.5) is 0 Å². The second-order valence-electron chi connectivity index (χ2n) is 15.2. The molecule has 0 aliphatic heterocycles. The molecule has 0 fully saturated rings. The lowest BCUT2D eigenvalue weighted by Gasteiger charge is -2.32. The average Bonchev–Trinajstić information content (AvgIpc) is 3.06. The summed E-state index contributed by atoms with van der Waals surface area (Å²) in [7, 11) is 2.22. The Kier molecular flexibility index (Phi) is 39.3. The van der Waals surface area contributed by atoms with Crippen molar-refractivity contribution in [2.75, 3.05) is 33.7 Å². The molecule has 0 radical (unpaired) electrons. The molecule has 2 N–H and O–H groups in total. The van der Waals surface area contributed by atoms with Gasteiger partial charge >= 0.3 is 19.1 Å². The topological polar surface area (TPSA) is 93.1 Å². The largest absolute Gasteiger partial charge is 1.00 e. The van der Waals surface area contributed by atoms with E-state index in [0.717, 1.165) is 51.4 Å². The predicted octanol–water partition coefficient (Wildman–Crippen LogP) is 7.61. The van der Waals surface area contributed by atoms with Crippen LogP contribution in [0.15, 0.2) is 24.3 Å². The molecule has 0 saturated carbocycles. The minimum Gasteiger partial charge on any atom is -1.00 e. The van der Waals surface area contributed by atoms with Gasteiger partial charge in [0.05, 0.1) is 14.1 Å². The van der Waals surface area contributed by atoms with E-state index in [9.17, 15) is 19.6 Å². The number of carbonyl (C=O) groups excluding carboxylic acids is 2. The number of quaternary nitrogens is 1. The summed E-state index contributed by atoms with van der Waals surface area (Å²) in [6, 6.07) is 0. The van der Waals surface area contributed by atoms with Crippen LogP contribution in [0.1, 0.15) is 194 Å². The fourth-order valence-corrected chi connectivity index (χ4v) is 6.37. The molecule has 9 heteroatoms. The zero-order valence-corrected chi connectivity index (χ0v) is 35.3. The van der Waals surface area contributed by atoms with Gasteiger partial charge < -0.3 is 41.0 Å². The van der Waals surface area contributed by atoms with E-state index in [2.05, 4.69) is 38.2 Å². The number of hydrogen-bond donors (Lipinski definition) is 2. The van der Waals surface area contributed by atoms with Crippen LogP contribution in [-0.4, -0.2) is 73.4 Å². The number of esters is 2. The lowest BCUT2D eigenvalue weighted by Crippen LogP contribution is -3.00. The number of halogens is 1. The zero-order valence-electron chi connectivity index (χ0n) is 33.7. The van der Waals surface area contributed by atoms with Gasteiger partial charge in [-0.25, -0.2) is 0 Å². The van der Waals surface area contributed by atoms with Gasteiger partial charge in [-0.05, 0) is 64.2 Å². The van der Waals surface area contributed by atoms with Crippen molar-refractivity contribution in [1.29, 1.82) is 0 Å². The molecule has 0 aliphatic rings. The average molecular weight is 787 g/mol. The Morgan fingerprint density at radius 1 is 0.569 bits per heavy atom. The van der Waals surface area contributed by atoms with Crippen LogP contribution in [0, 0.1) is 0 Å². The first-order chi connectivity index (χ1) is 24.2. The van der Waals surface area contributed by atoms with Crippen LogP contribution in [0.5, 0.6) is 0 Å². The van der Waals surface area contributed by atoms with E-state index < -0.39 is 13.2 Å². The molecule has 0 aromatic rings. The number of rotatable bonds is 37. The number of likely N-dealkylation sites (N-methyl/N-ethyl adjacent to an activating group) is 1. The summed E-state index contributed by atoms with van der Waals surface area (Å²) >= 11 is 0. The van der Waals surface area contributed by atoms with Gasteiger partial charge in [0.1, 0.15) is 19.6 Å². The van der Waals surface area contributed by atoms with Crippen molar-refractivity contribution in [3.63, 3.8) is 0 Å². The summed E-state index contributed by atoms with van der Waals surface area (Å²) < 4.78 is 11.5. The molecule has 0 aromatic carbocycles. The second-order valence-corrected chi connectivity index (χ2v) is 15.2. The van der Waals surface area contributed by atoms with Gasteiger partial charge in [-0.3, -0.25) is 9.59 Å². The predicted molar refractivity (Wildman–Crippen MR) is 212 cm³/mol. The molecule has 1 atom stereocenters. The fourth-order valence-electron chi connectivity index (χ4n) is 6.37. The molecular weight excluding hydrogens is 705 g/mol. The SMILES string of the molecule is CCCCCCCC/C=C\CCCCCCCC(=O)OCC(C[N+](C)(C)CB(O)O)OC(=O)CCCCCCC/C=C\CCCCCCCC.[Br-]. The van der Waals surface area contributed by atoms with E-state index in [4.69, 9.17) is 9.47 Å². The van der Waals surface area contributed by atoms with Crippen LogP contribution in [0.3, 0.4) is 0 Å². The van der Waals surface area contributed by atoms with Gasteiger partial charge in [0.15, 0.2) is 6.10 Å². The molecule has 0 rings (SSSR count). The maximum absolute atomic E-state index is 12.7. The summed E-state index contributed by atoms with van der Waals surface area (Å²) in [4.78, 5) is 25.2. The summed E-state index contributed by atoms with van der Waals surface area (Å²) in [6.07, 6.45) is 40.8. The number of allylic oxidation sites excluding steroid dienone is 4. The number of unbranched alkanes of at least 4 members (excludes halogenated alkanes) is 22. The van der Waals surface area contributed by atoms with Crippen molar-refractivity contribution in [1.82, 2.24) is 0 Å². The Morgan fingerprint density at radius 2 is 0.922 bits per heavy atom. The quantitative estimate of drug-likeness (QED) is 0.0222. The van der Waals surface area contributed by atoms with E-state index in [0.29, 0.717) is 19.4 Å². The Bertz CT molecular complexity index is 838. The highest BCUT2D eigenvalue weighted by Crippen LogP contribution is 2.14. The third-order valence-corrected chi connectivity index (χ3v) is 9.37. The van der Waals surface area contributed by atoms with Crippen LogP contribution in [0.25, 0.3) is 0 Å². The van der Waals surface area contributed by atoms with E-state index in [1.807, 2.05) is 14.1 Å². The lowest BCUT2D eigenvalue weighted by atomic mass is 9.90. The molecule has 0 amide bonds.